The average Bonchev–Trinajstić information content (AvgIpc) is 2.34. The van der Waals surface area contributed by atoms with Gasteiger partial charge in [0, 0.05) is 17.2 Å². The minimum atomic E-state index is -0.357. The number of aromatic nitrogens is 1. The normalized spacial score (nSPS) is 9.76. The lowest BCUT2D eigenvalue weighted by Gasteiger charge is -2.05. The first kappa shape index (κ1) is 13.6. The van der Waals surface area contributed by atoms with Crippen LogP contribution in [-0.2, 0) is 4.79 Å². The predicted octanol–water partition coefficient (Wildman–Crippen LogP) is 1.10. The van der Waals surface area contributed by atoms with Crippen LogP contribution in [0.4, 0.5) is 0 Å². The van der Waals surface area contributed by atoms with Crippen LogP contribution in [0.1, 0.15) is 23.8 Å². The highest BCUT2D eigenvalue weighted by Gasteiger charge is 2.08. The highest BCUT2D eigenvalue weighted by molar-refractivity contribution is 9.10. The first-order valence-electron chi connectivity index (χ1n) is 5.30. The van der Waals surface area contributed by atoms with Gasteiger partial charge in [0.15, 0.2) is 0 Å². The van der Waals surface area contributed by atoms with E-state index in [4.69, 9.17) is 0 Å². The Morgan fingerprint density at radius 1 is 1.35 bits per heavy atom. The Kier molecular flexibility index (Phi) is 5.62. The molecule has 0 fully saturated rings. The van der Waals surface area contributed by atoms with Gasteiger partial charge >= 0.3 is 0 Å². The minimum absolute atomic E-state index is 0.0312. The summed E-state index contributed by atoms with van der Waals surface area (Å²) in [4.78, 5) is 26.7. The van der Waals surface area contributed by atoms with E-state index in [1.165, 1.54) is 6.20 Å². The zero-order chi connectivity index (χ0) is 12.7. The van der Waals surface area contributed by atoms with Gasteiger partial charge < -0.3 is 10.6 Å². The molecule has 1 heterocycles. The van der Waals surface area contributed by atoms with Crippen molar-refractivity contribution in [1.82, 2.24) is 15.6 Å². The van der Waals surface area contributed by atoms with E-state index in [2.05, 4.69) is 31.5 Å². The number of nitrogens with one attached hydrogen (secondary N) is 2. The van der Waals surface area contributed by atoms with Crippen LogP contribution in [-0.4, -0.2) is 29.9 Å². The number of nitrogens with zero attached hydrogens (tertiary/aromatic N) is 1. The van der Waals surface area contributed by atoms with Gasteiger partial charge in [-0.2, -0.15) is 0 Å². The molecule has 2 amide bonds. The van der Waals surface area contributed by atoms with Crippen LogP contribution < -0.4 is 10.6 Å². The molecule has 1 rings (SSSR count). The summed E-state index contributed by atoms with van der Waals surface area (Å²) in [5.41, 5.74) is 0.288. The molecule has 0 spiro atoms. The van der Waals surface area contributed by atoms with Crippen molar-refractivity contribution in [2.75, 3.05) is 13.1 Å². The van der Waals surface area contributed by atoms with E-state index in [1.807, 2.05) is 6.92 Å². The SMILES string of the molecule is CCCNC(=O)CNC(=O)c1ccc(Br)cn1. The summed E-state index contributed by atoms with van der Waals surface area (Å²) in [5, 5.41) is 5.16. The summed E-state index contributed by atoms with van der Waals surface area (Å²) >= 11 is 3.23. The van der Waals surface area contributed by atoms with Crippen molar-refractivity contribution in [2.24, 2.45) is 0 Å². The number of carbonyl (C=O) groups excluding carboxylic acids is 2. The van der Waals surface area contributed by atoms with Crippen molar-refractivity contribution in [3.63, 3.8) is 0 Å². The molecular weight excluding hydrogens is 286 g/mol. The Labute approximate surface area is 108 Å². The molecule has 1 aromatic heterocycles. The summed E-state index contributed by atoms with van der Waals surface area (Å²) in [6, 6.07) is 3.31. The lowest BCUT2D eigenvalue weighted by Crippen LogP contribution is -2.37. The van der Waals surface area contributed by atoms with Crippen LogP contribution in [0.15, 0.2) is 22.8 Å². The molecule has 1 aromatic rings. The second kappa shape index (κ2) is 7.01. The summed E-state index contributed by atoms with van der Waals surface area (Å²) in [6.07, 6.45) is 2.40. The minimum Gasteiger partial charge on any atom is -0.355 e. The van der Waals surface area contributed by atoms with Gasteiger partial charge in [0.05, 0.1) is 6.54 Å². The van der Waals surface area contributed by atoms with E-state index in [0.717, 1.165) is 10.9 Å². The lowest BCUT2D eigenvalue weighted by atomic mass is 10.3. The average molecular weight is 300 g/mol. The van der Waals surface area contributed by atoms with E-state index in [1.54, 1.807) is 12.1 Å². The van der Waals surface area contributed by atoms with Crippen LogP contribution in [0.2, 0.25) is 0 Å². The van der Waals surface area contributed by atoms with Crippen molar-refractivity contribution in [3.8, 4) is 0 Å². The van der Waals surface area contributed by atoms with Gasteiger partial charge in [-0.1, -0.05) is 6.92 Å². The molecule has 0 radical (unpaired) electrons. The van der Waals surface area contributed by atoms with Crippen LogP contribution >= 0.6 is 15.9 Å². The van der Waals surface area contributed by atoms with Gasteiger partial charge in [0.2, 0.25) is 5.91 Å². The quantitative estimate of drug-likeness (QED) is 0.855. The lowest BCUT2D eigenvalue weighted by molar-refractivity contribution is -0.120. The van der Waals surface area contributed by atoms with Gasteiger partial charge in [-0.25, -0.2) is 4.98 Å². The van der Waals surface area contributed by atoms with E-state index < -0.39 is 0 Å². The Hall–Kier alpha value is -1.43. The number of pyridine rings is 1. The molecular formula is C11H14BrN3O2. The molecule has 0 aliphatic carbocycles. The standard InChI is InChI=1S/C11H14BrN3O2/c1-2-5-13-10(16)7-15-11(17)9-4-3-8(12)6-14-9/h3-4,6H,2,5,7H2,1H3,(H,13,16)(H,15,17). The maximum absolute atomic E-state index is 11.6. The molecule has 0 atom stereocenters. The van der Waals surface area contributed by atoms with Crippen LogP contribution in [0.25, 0.3) is 0 Å². The molecule has 2 N–H and O–H groups in total. The number of rotatable bonds is 5. The summed E-state index contributed by atoms with van der Waals surface area (Å²) in [5.74, 6) is -0.554. The molecule has 0 saturated carbocycles. The molecule has 5 nitrogen and oxygen atoms in total. The number of halogens is 1. The summed E-state index contributed by atoms with van der Waals surface area (Å²) < 4.78 is 0.801. The van der Waals surface area contributed by atoms with Crippen LogP contribution in [0, 0.1) is 0 Å². The number of amides is 2. The highest BCUT2D eigenvalue weighted by atomic mass is 79.9. The van der Waals surface area contributed by atoms with Gasteiger partial charge in [-0.3, -0.25) is 9.59 Å². The van der Waals surface area contributed by atoms with Gasteiger partial charge in [-0.05, 0) is 34.5 Å². The van der Waals surface area contributed by atoms with E-state index >= 15 is 0 Å². The molecule has 17 heavy (non-hydrogen) atoms. The number of carbonyl (C=O) groups is 2. The summed E-state index contributed by atoms with van der Waals surface area (Å²) in [6.45, 7) is 2.55. The van der Waals surface area contributed by atoms with Crippen molar-refractivity contribution in [2.45, 2.75) is 13.3 Å². The van der Waals surface area contributed by atoms with E-state index in [-0.39, 0.29) is 24.1 Å². The molecule has 6 heteroatoms. The Morgan fingerprint density at radius 2 is 2.12 bits per heavy atom. The molecule has 0 aliphatic rings. The highest BCUT2D eigenvalue weighted by Crippen LogP contribution is 2.06. The molecule has 0 saturated heterocycles. The number of hydrogen-bond donors (Lipinski definition) is 2. The van der Waals surface area contributed by atoms with Crippen molar-refractivity contribution in [3.05, 3.63) is 28.5 Å². The van der Waals surface area contributed by atoms with Gasteiger partial charge in [0.1, 0.15) is 5.69 Å². The maximum atomic E-state index is 11.6. The first-order chi connectivity index (χ1) is 8.13. The Bertz CT molecular complexity index is 392. The zero-order valence-electron chi connectivity index (χ0n) is 9.50. The van der Waals surface area contributed by atoms with E-state index in [9.17, 15) is 9.59 Å². The molecule has 0 unspecified atom stereocenters. The van der Waals surface area contributed by atoms with E-state index in [0.29, 0.717) is 6.54 Å². The molecule has 0 bridgehead atoms. The second-order valence-electron chi connectivity index (χ2n) is 3.39. The Morgan fingerprint density at radius 3 is 2.71 bits per heavy atom. The second-order valence-corrected chi connectivity index (χ2v) is 4.31. The summed E-state index contributed by atoms with van der Waals surface area (Å²) in [7, 11) is 0. The fourth-order valence-corrected chi connectivity index (χ4v) is 1.32. The van der Waals surface area contributed by atoms with Crippen molar-refractivity contribution >= 4 is 27.7 Å². The predicted molar refractivity (Wildman–Crippen MR) is 67.6 cm³/mol. The number of hydrogen-bond acceptors (Lipinski definition) is 3. The van der Waals surface area contributed by atoms with Crippen LogP contribution in [0.3, 0.4) is 0 Å². The third kappa shape index (κ3) is 4.95. The van der Waals surface area contributed by atoms with Gasteiger partial charge in [0.25, 0.3) is 5.91 Å². The molecule has 92 valence electrons. The topological polar surface area (TPSA) is 71.1 Å². The first-order valence-corrected chi connectivity index (χ1v) is 6.09. The molecule has 0 aliphatic heterocycles. The van der Waals surface area contributed by atoms with Crippen molar-refractivity contribution < 1.29 is 9.59 Å². The monoisotopic (exact) mass is 299 g/mol. The van der Waals surface area contributed by atoms with Gasteiger partial charge in [-0.15, -0.1) is 0 Å². The smallest absolute Gasteiger partial charge is 0.270 e. The fourth-order valence-electron chi connectivity index (χ4n) is 1.09. The fraction of sp³-hybridized carbons (Fsp3) is 0.364. The van der Waals surface area contributed by atoms with Crippen LogP contribution in [0.5, 0.6) is 0 Å². The largest absolute Gasteiger partial charge is 0.355 e. The molecule has 0 aromatic carbocycles. The zero-order valence-corrected chi connectivity index (χ0v) is 11.1. The third-order valence-corrected chi connectivity index (χ3v) is 2.41. The van der Waals surface area contributed by atoms with Crippen molar-refractivity contribution in [1.29, 1.82) is 0 Å². The Balaban J connectivity index is 2.39. The maximum Gasteiger partial charge on any atom is 0.270 e. The third-order valence-electron chi connectivity index (χ3n) is 1.94.